The minimum absolute atomic E-state index is 0.0641. The number of hydrogen-bond acceptors (Lipinski definition) is 5. The van der Waals surface area contributed by atoms with Gasteiger partial charge in [-0.25, -0.2) is 0 Å². The summed E-state index contributed by atoms with van der Waals surface area (Å²) in [4.78, 5) is 12.5. The molecule has 30 heavy (non-hydrogen) atoms. The predicted molar refractivity (Wildman–Crippen MR) is 118 cm³/mol. The van der Waals surface area contributed by atoms with Crippen LogP contribution in [0.15, 0.2) is 97.1 Å². The van der Waals surface area contributed by atoms with Crippen LogP contribution in [0.3, 0.4) is 0 Å². The maximum absolute atomic E-state index is 12.5. The average Bonchev–Trinajstić information content (AvgIpc) is 2.77. The maximum Gasteiger partial charge on any atom is 0.193 e. The molecule has 4 aromatic carbocycles. The Labute approximate surface area is 174 Å². The second kappa shape index (κ2) is 8.41. The lowest BCUT2D eigenvalue weighted by molar-refractivity contribution is 0.103. The number of anilines is 2. The van der Waals surface area contributed by atoms with E-state index in [0.29, 0.717) is 45.5 Å². The average molecular weight is 396 g/mol. The van der Waals surface area contributed by atoms with Gasteiger partial charge in [0.2, 0.25) is 0 Å². The van der Waals surface area contributed by atoms with Crippen LogP contribution in [0.25, 0.3) is 0 Å². The van der Waals surface area contributed by atoms with Crippen LogP contribution in [0.2, 0.25) is 0 Å². The molecule has 0 aromatic heterocycles. The summed E-state index contributed by atoms with van der Waals surface area (Å²) in [5.41, 5.74) is 13.8. The van der Waals surface area contributed by atoms with E-state index in [-0.39, 0.29) is 5.78 Å². The number of rotatable bonds is 6. The first kappa shape index (κ1) is 19.1. The van der Waals surface area contributed by atoms with Gasteiger partial charge in [-0.2, -0.15) is 0 Å². The summed E-state index contributed by atoms with van der Waals surface area (Å²) >= 11 is 0. The maximum atomic E-state index is 12.5. The van der Waals surface area contributed by atoms with Gasteiger partial charge >= 0.3 is 0 Å². The molecule has 0 atom stereocenters. The number of carbonyl (C=O) groups is 1. The Balaban J connectivity index is 1.40. The predicted octanol–water partition coefficient (Wildman–Crippen LogP) is 5.67. The Morgan fingerprint density at radius 1 is 0.467 bits per heavy atom. The summed E-state index contributed by atoms with van der Waals surface area (Å²) in [6.45, 7) is 0. The van der Waals surface area contributed by atoms with E-state index in [1.54, 1.807) is 60.7 Å². The zero-order chi connectivity index (χ0) is 20.9. The summed E-state index contributed by atoms with van der Waals surface area (Å²) in [5, 5.41) is 0. The number of hydrogen-bond donors (Lipinski definition) is 2. The minimum Gasteiger partial charge on any atom is -0.457 e. The standard InChI is InChI=1S/C25H20N2O3/c26-19-5-1-17(2-6-19)25(28)18-3-9-21(10-4-18)29-23-13-15-24(16-14-23)30-22-11-7-20(27)8-12-22/h1-16H,26-27H2. The van der Waals surface area contributed by atoms with Gasteiger partial charge in [0, 0.05) is 22.5 Å². The summed E-state index contributed by atoms with van der Waals surface area (Å²) < 4.78 is 11.6. The molecule has 0 radical (unpaired) electrons. The molecule has 0 saturated heterocycles. The molecule has 5 nitrogen and oxygen atoms in total. The zero-order valence-corrected chi connectivity index (χ0v) is 16.1. The number of ether oxygens (including phenoxy) is 2. The molecule has 0 unspecified atom stereocenters. The van der Waals surface area contributed by atoms with Crippen LogP contribution in [-0.4, -0.2) is 5.78 Å². The number of ketones is 1. The molecule has 0 bridgehead atoms. The molecule has 0 fully saturated rings. The van der Waals surface area contributed by atoms with Gasteiger partial charge in [-0.3, -0.25) is 4.79 Å². The van der Waals surface area contributed by atoms with E-state index >= 15 is 0 Å². The number of nitrogen functional groups attached to an aromatic ring is 2. The van der Waals surface area contributed by atoms with Crippen LogP contribution in [0.1, 0.15) is 15.9 Å². The molecule has 4 N–H and O–H groups in total. The van der Waals surface area contributed by atoms with E-state index in [0.717, 1.165) is 0 Å². The highest BCUT2D eigenvalue weighted by atomic mass is 16.5. The molecule has 5 heteroatoms. The van der Waals surface area contributed by atoms with Gasteiger partial charge in [-0.05, 0) is 97.1 Å². The molecule has 0 spiro atoms. The van der Waals surface area contributed by atoms with Crippen molar-refractivity contribution in [3.63, 3.8) is 0 Å². The number of nitrogens with two attached hydrogens (primary N) is 2. The molecule has 0 aliphatic rings. The van der Waals surface area contributed by atoms with Crippen LogP contribution in [0, 0.1) is 0 Å². The molecule has 0 saturated carbocycles. The largest absolute Gasteiger partial charge is 0.457 e. The summed E-state index contributed by atoms with van der Waals surface area (Å²) in [7, 11) is 0. The fraction of sp³-hybridized carbons (Fsp3) is 0. The van der Waals surface area contributed by atoms with Crippen molar-refractivity contribution in [3.8, 4) is 23.0 Å². The van der Waals surface area contributed by atoms with E-state index in [9.17, 15) is 4.79 Å². The molecule has 4 rings (SSSR count). The number of benzene rings is 4. The van der Waals surface area contributed by atoms with Crippen molar-refractivity contribution >= 4 is 17.2 Å². The van der Waals surface area contributed by atoms with E-state index in [4.69, 9.17) is 20.9 Å². The van der Waals surface area contributed by atoms with Crippen molar-refractivity contribution in [3.05, 3.63) is 108 Å². The Kier molecular flexibility index (Phi) is 5.35. The van der Waals surface area contributed by atoms with E-state index in [1.165, 1.54) is 0 Å². The monoisotopic (exact) mass is 396 g/mol. The molecular weight excluding hydrogens is 376 g/mol. The van der Waals surface area contributed by atoms with Crippen LogP contribution < -0.4 is 20.9 Å². The van der Waals surface area contributed by atoms with Crippen molar-refractivity contribution in [1.82, 2.24) is 0 Å². The number of carbonyl (C=O) groups excluding carboxylic acids is 1. The van der Waals surface area contributed by atoms with Gasteiger partial charge < -0.3 is 20.9 Å². The van der Waals surface area contributed by atoms with Crippen molar-refractivity contribution in [1.29, 1.82) is 0 Å². The van der Waals surface area contributed by atoms with E-state index in [1.807, 2.05) is 36.4 Å². The first-order valence-corrected chi connectivity index (χ1v) is 9.38. The highest BCUT2D eigenvalue weighted by Crippen LogP contribution is 2.27. The lowest BCUT2D eigenvalue weighted by atomic mass is 10.0. The summed E-state index contributed by atoms with van der Waals surface area (Å²) in [6.07, 6.45) is 0. The Morgan fingerprint density at radius 3 is 1.13 bits per heavy atom. The SMILES string of the molecule is Nc1ccc(Oc2ccc(Oc3ccc(C(=O)c4ccc(N)cc4)cc3)cc2)cc1. The summed E-state index contributed by atoms with van der Waals surface area (Å²) in [6, 6.07) is 28.4. The molecule has 0 aliphatic carbocycles. The Morgan fingerprint density at radius 2 is 0.733 bits per heavy atom. The third kappa shape index (κ3) is 4.59. The fourth-order valence-electron chi connectivity index (χ4n) is 2.86. The highest BCUT2D eigenvalue weighted by molar-refractivity contribution is 6.09. The van der Waals surface area contributed by atoms with Gasteiger partial charge in [0.1, 0.15) is 23.0 Å². The molecule has 0 heterocycles. The third-order valence-corrected chi connectivity index (χ3v) is 4.46. The lowest BCUT2D eigenvalue weighted by Crippen LogP contribution is -2.01. The Bertz CT molecular complexity index is 1140. The first-order valence-electron chi connectivity index (χ1n) is 9.38. The topological polar surface area (TPSA) is 87.6 Å². The van der Waals surface area contributed by atoms with Gasteiger partial charge in [-0.15, -0.1) is 0 Å². The Hall–Kier alpha value is -4.25. The highest BCUT2D eigenvalue weighted by Gasteiger charge is 2.09. The van der Waals surface area contributed by atoms with Crippen molar-refractivity contribution < 1.29 is 14.3 Å². The quantitative estimate of drug-likeness (QED) is 0.324. The summed E-state index contributed by atoms with van der Waals surface area (Å²) in [5.74, 6) is 2.63. The van der Waals surface area contributed by atoms with Crippen LogP contribution in [-0.2, 0) is 0 Å². The van der Waals surface area contributed by atoms with Gasteiger partial charge in [0.05, 0.1) is 0 Å². The molecular formula is C25H20N2O3. The normalized spacial score (nSPS) is 10.4. The third-order valence-electron chi connectivity index (χ3n) is 4.46. The van der Waals surface area contributed by atoms with Crippen LogP contribution in [0.5, 0.6) is 23.0 Å². The zero-order valence-electron chi connectivity index (χ0n) is 16.1. The molecule has 148 valence electrons. The second-order valence-corrected chi connectivity index (χ2v) is 6.72. The van der Waals surface area contributed by atoms with Crippen molar-refractivity contribution in [2.24, 2.45) is 0 Å². The second-order valence-electron chi connectivity index (χ2n) is 6.72. The molecule has 4 aromatic rings. The van der Waals surface area contributed by atoms with E-state index in [2.05, 4.69) is 0 Å². The molecule has 0 amide bonds. The van der Waals surface area contributed by atoms with Crippen LogP contribution >= 0.6 is 0 Å². The van der Waals surface area contributed by atoms with Crippen molar-refractivity contribution in [2.45, 2.75) is 0 Å². The van der Waals surface area contributed by atoms with E-state index < -0.39 is 0 Å². The van der Waals surface area contributed by atoms with Gasteiger partial charge in [0.15, 0.2) is 5.78 Å². The fourth-order valence-corrected chi connectivity index (χ4v) is 2.86. The van der Waals surface area contributed by atoms with Crippen molar-refractivity contribution in [2.75, 3.05) is 11.5 Å². The smallest absolute Gasteiger partial charge is 0.193 e. The van der Waals surface area contributed by atoms with Crippen LogP contribution in [0.4, 0.5) is 11.4 Å². The lowest BCUT2D eigenvalue weighted by Gasteiger charge is -2.09. The first-order chi connectivity index (χ1) is 14.6. The van der Waals surface area contributed by atoms with Gasteiger partial charge in [0.25, 0.3) is 0 Å². The van der Waals surface area contributed by atoms with Gasteiger partial charge in [-0.1, -0.05) is 0 Å². The molecule has 0 aliphatic heterocycles. The minimum atomic E-state index is -0.0641.